The van der Waals surface area contributed by atoms with Gasteiger partial charge in [-0.15, -0.1) is 0 Å². The standard InChI is InChI=1S/C19H20FN3O5/c20-13-5-11-14(23(10-1-2-10)7-12(17(11)24)18(25)26)6-15(13)22-8-16(21)19(9-22)27-3-4-28-19/h5-7,10,16H,1-4,8-9,21H2,(H,25,26). The van der Waals surface area contributed by atoms with Crippen molar-refractivity contribution in [2.75, 3.05) is 31.2 Å². The van der Waals surface area contributed by atoms with Gasteiger partial charge in [-0.1, -0.05) is 0 Å². The van der Waals surface area contributed by atoms with Gasteiger partial charge in [0.2, 0.25) is 11.2 Å². The number of carbonyl (C=O) groups is 1. The lowest BCUT2D eigenvalue weighted by atomic mass is 10.1. The van der Waals surface area contributed by atoms with Gasteiger partial charge >= 0.3 is 5.97 Å². The lowest BCUT2D eigenvalue weighted by Crippen LogP contribution is -2.47. The average Bonchev–Trinajstić information content (AvgIpc) is 3.30. The number of ether oxygens (including phenoxy) is 2. The van der Waals surface area contributed by atoms with Gasteiger partial charge in [-0.25, -0.2) is 9.18 Å². The van der Waals surface area contributed by atoms with Crippen molar-refractivity contribution >= 4 is 22.6 Å². The number of carboxylic acids is 1. The Kier molecular flexibility index (Phi) is 3.77. The van der Waals surface area contributed by atoms with Gasteiger partial charge in [0.25, 0.3) is 0 Å². The number of aromatic carboxylic acids is 1. The molecule has 3 aliphatic rings. The molecule has 9 heteroatoms. The summed E-state index contributed by atoms with van der Waals surface area (Å²) in [6.07, 6.45) is 3.15. The smallest absolute Gasteiger partial charge is 0.341 e. The number of hydrogen-bond donors (Lipinski definition) is 2. The van der Waals surface area contributed by atoms with Gasteiger partial charge in [-0.3, -0.25) is 4.79 Å². The van der Waals surface area contributed by atoms with Crippen LogP contribution in [-0.2, 0) is 9.47 Å². The first kappa shape index (κ1) is 17.6. The van der Waals surface area contributed by atoms with Crippen LogP contribution in [0.5, 0.6) is 0 Å². The summed E-state index contributed by atoms with van der Waals surface area (Å²) in [7, 11) is 0. The zero-order valence-electron chi connectivity index (χ0n) is 15.1. The quantitative estimate of drug-likeness (QED) is 0.808. The van der Waals surface area contributed by atoms with Gasteiger partial charge in [-0.05, 0) is 25.0 Å². The maximum absolute atomic E-state index is 15.0. The second-order valence-corrected chi connectivity index (χ2v) is 7.63. The van der Waals surface area contributed by atoms with Crippen LogP contribution in [0.2, 0.25) is 0 Å². The van der Waals surface area contributed by atoms with E-state index in [1.165, 1.54) is 6.20 Å². The Bertz CT molecular complexity index is 1040. The molecule has 3 heterocycles. The molecule has 28 heavy (non-hydrogen) atoms. The van der Waals surface area contributed by atoms with E-state index in [-0.39, 0.29) is 23.5 Å². The van der Waals surface area contributed by atoms with E-state index in [9.17, 15) is 19.1 Å². The third kappa shape index (κ3) is 2.54. The molecule has 8 nitrogen and oxygen atoms in total. The molecule has 1 saturated carbocycles. The van der Waals surface area contributed by atoms with E-state index < -0.39 is 29.0 Å². The summed E-state index contributed by atoms with van der Waals surface area (Å²) in [5.74, 6) is -2.85. The first-order valence-corrected chi connectivity index (χ1v) is 9.30. The van der Waals surface area contributed by atoms with Crippen LogP contribution in [0.1, 0.15) is 29.2 Å². The molecule has 0 bridgehead atoms. The van der Waals surface area contributed by atoms with Crippen molar-refractivity contribution in [1.29, 1.82) is 0 Å². The van der Waals surface area contributed by atoms with Gasteiger partial charge in [-0.2, -0.15) is 0 Å². The summed E-state index contributed by atoms with van der Waals surface area (Å²) in [6.45, 7) is 1.53. The molecule has 1 aliphatic carbocycles. The first-order valence-electron chi connectivity index (χ1n) is 9.30. The Balaban J connectivity index is 1.65. The van der Waals surface area contributed by atoms with Crippen molar-refractivity contribution in [1.82, 2.24) is 4.57 Å². The van der Waals surface area contributed by atoms with Crippen LogP contribution in [0.15, 0.2) is 23.1 Å². The Morgan fingerprint density at radius 1 is 1.29 bits per heavy atom. The van der Waals surface area contributed by atoms with Gasteiger partial charge < -0.3 is 29.8 Å². The van der Waals surface area contributed by atoms with E-state index in [4.69, 9.17) is 15.2 Å². The molecule has 148 valence electrons. The molecular formula is C19H20FN3O5. The predicted octanol–water partition coefficient (Wildman–Crippen LogP) is 1.06. The Hall–Kier alpha value is -2.49. The van der Waals surface area contributed by atoms with E-state index in [2.05, 4.69) is 0 Å². The summed E-state index contributed by atoms with van der Waals surface area (Å²) < 4.78 is 28.1. The highest BCUT2D eigenvalue weighted by atomic mass is 19.1. The molecule has 1 aromatic carbocycles. The molecular weight excluding hydrogens is 369 g/mol. The average molecular weight is 389 g/mol. The fourth-order valence-electron chi connectivity index (χ4n) is 4.19. The number of aromatic nitrogens is 1. The fraction of sp³-hybridized carbons (Fsp3) is 0.474. The third-order valence-electron chi connectivity index (χ3n) is 5.78. The van der Waals surface area contributed by atoms with Crippen molar-refractivity contribution in [3.63, 3.8) is 0 Å². The maximum Gasteiger partial charge on any atom is 0.341 e. The molecule has 3 fully saturated rings. The molecule has 3 N–H and O–H groups in total. The normalized spacial score (nSPS) is 23.8. The summed E-state index contributed by atoms with van der Waals surface area (Å²) >= 11 is 0. The number of carboxylic acid groups (broad SMARTS) is 1. The Labute approximate surface area is 159 Å². The van der Waals surface area contributed by atoms with Crippen molar-refractivity contribution in [2.45, 2.75) is 30.7 Å². The number of nitrogens with two attached hydrogens (primary N) is 1. The topological polar surface area (TPSA) is 107 Å². The Morgan fingerprint density at radius 2 is 2.00 bits per heavy atom. The summed E-state index contributed by atoms with van der Waals surface area (Å²) in [4.78, 5) is 25.8. The van der Waals surface area contributed by atoms with Gasteiger partial charge in [0.15, 0.2) is 0 Å². The lowest BCUT2D eigenvalue weighted by Gasteiger charge is -2.26. The minimum absolute atomic E-state index is 0.0691. The van der Waals surface area contributed by atoms with E-state index in [1.54, 1.807) is 15.5 Å². The van der Waals surface area contributed by atoms with Gasteiger partial charge in [0, 0.05) is 24.2 Å². The van der Waals surface area contributed by atoms with Crippen molar-refractivity contribution < 1.29 is 23.8 Å². The van der Waals surface area contributed by atoms with Crippen LogP contribution < -0.4 is 16.1 Å². The second kappa shape index (κ2) is 6.00. The number of nitrogens with zero attached hydrogens (tertiary/aromatic N) is 2. The summed E-state index contributed by atoms with van der Waals surface area (Å²) in [5.41, 5.74) is 6.00. The molecule has 0 amide bonds. The molecule has 1 aromatic heterocycles. The molecule has 2 aromatic rings. The van der Waals surface area contributed by atoms with E-state index in [0.717, 1.165) is 18.9 Å². The van der Waals surface area contributed by atoms with Crippen LogP contribution >= 0.6 is 0 Å². The zero-order valence-corrected chi connectivity index (χ0v) is 15.1. The third-order valence-corrected chi connectivity index (χ3v) is 5.78. The highest BCUT2D eigenvalue weighted by Gasteiger charge is 2.50. The number of anilines is 1. The Morgan fingerprint density at radius 3 is 2.64 bits per heavy atom. The zero-order chi connectivity index (χ0) is 19.6. The fourth-order valence-corrected chi connectivity index (χ4v) is 4.19. The van der Waals surface area contributed by atoms with Gasteiger partial charge in [0.05, 0.1) is 37.0 Å². The number of halogens is 1. The van der Waals surface area contributed by atoms with Crippen LogP contribution in [-0.4, -0.2) is 53.8 Å². The minimum atomic E-state index is -1.31. The number of hydrogen-bond acceptors (Lipinski definition) is 6. The largest absolute Gasteiger partial charge is 0.477 e. The SMILES string of the molecule is NC1CN(c2cc3c(cc2F)c(=O)c(C(=O)O)cn3C2CC2)CC12OCCO2. The van der Waals surface area contributed by atoms with Crippen LogP contribution in [0.3, 0.4) is 0 Å². The van der Waals surface area contributed by atoms with Crippen molar-refractivity contribution in [3.05, 3.63) is 39.9 Å². The van der Waals surface area contributed by atoms with E-state index >= 15 is 0 Å². The molecule has 1 atom stereocenters. The molecule has 2 aliphatic heterocycles. The number of fused-ring (bicyclic) bond motifs is 1. The second-order valence-electron chi connectivity index (χ2n) is 7.63. The molecule has 1 unspecified atom stereocenters. The summed E-state index contributed by atoms with van der Waals surface area (Å²) in [6, 6.07) is 2.43. The van der Waals surface area contributed by atoms with Crippen LogP contribution in [0, 0.1) is 5.82 Å². The van der Waals surface area contributed by atoms with Crippen LogP contribution in [0.4, 0.5) is 10.1 Å². The van der Waals surface area contributed by atoms with E-state index in [0.29, 0.717) is 31.0 Å². The predicted molar refractivity (Wildman–Crippen MR) is 98.2 cm³/mol. The van der Waals surface area contributed by atoms with Gasteiger partial charge in [0.1, 0.15) is 11.4 Å². The molecule has 0 radical (unpaired) electrons. The number of rotatable bonds is 3. The maximum atomic E-state index is 15.0. The van der Waals surface area contributed by atoms with Crippen LogP contribution in [0.25, 0.3) is 10.9 Å². The summed E-state index contributed by atoms with van der Waals surface area (Å²) in [5, 5.41) is 9.41. The van der Waals surface area contributed by atoms with Crippen molar-refractivity contribution in [2.24, 2.45) is 5.73 Å². The number of pyridine rings is 1. The molecule has 1 spiro atoms. The lowest BCUT2D eigenvalue weighted by molar-refractivity contribution is -0.147. The number of benzene rings is 1. The van der Waals surface area contributed by atoms with E-state index in [1.807, 2.05) is 0 Å². The first-order chi connectivity index (χ1) is 13.4. The highest BCUT2D eigenvalue weighted by molar-refractivity contribution is 5.93. The molecule has 2 saturated heterocycles. The monoisotopic (exact) mass is 389 g/mol. The highest BCUT2D eigenvalue weighted by Crippen LogP contribution is 2.39. The minimum Gasteiger partial charge on any atom is -0.477 e. The molecule has 5 rings (SSSR count). The van der Waals surface area contributed by atoms with Crippen molar-refractivity contribution in [3.8, 4) is 0 Å².